The number of alkyl halides is 2. The SMILES string of the molecule is O=C(O)CCCCCNc1ccc(OC(F)F)cc1. The van der Waals surface area contributed by atoms with Gasteiger partial charge in [0.25, 0.3) is 0 Å². The van der Waals surface area contributed by atoms with Crippen LogP contribution in [0.1, 0.15) is 25.7 Å². The number of carboxylic acids is 1. The number of hydrogen-bond donors (Lipinski definition) is 2. The number of anilines is 1. The Labute approximate surface area is 110 Å². The van der Waals surface area contributed by atoms with E-state index < -0.39 is 12.6 Å². The van der Waals surface area contributed by atoms with Crippen molar-refractivity contribution in [2.45, 2.75) is 32.3 Å². The summed E-state index contributed by atoms with van der Waals surface area (Å²) in [6.45, 7) is -2.10. The van der Waals surface area contributed by atoms with Gasteiger partial charge in [-0.15, -0.1) is 0 Å². The minimum Gasteiger partial charge on any atom is -0.481 e. The van der Waals surface area contributed by atoms with Crippen molar-refractivity contribution in [1.82, 2.24) is 0 Å². The molecule has 106 valence electrons. The third-order valence-electron chi connectivity index (χ3n) is 2.48. The van der Waals surface area contributed by atoms with Gasteiger partial charge < -0.3 is 15.2 Å². The number of carboxylic acid groups (broad SMARTS) is 1. The monoisotopic (exact) mass is 273 g/mol. The molecule has 0 amide bonds. The molecule has 2 N–H and O–H groups in total. The number of nitrogens with one attached hydrogen (secondary N) is 1. The van der Waals surface area contributed by atoms with Gasteiger partial charge >= 0.3 is 12.6 Å². The van der Waals surface area contributed by atoms with Crippen molar-refractivity contribution in [1.29, 1.82) is 0 Å². The summed E-state index contributed by atoms with van der Waals surface area (Å²) in [4.78, 5) is 10.3. The zero-order valence-corrected chi connectivity index (χ0v) is 10.4. The molecule has 0 unspecified atom stereocenters. The first-order valence-electron chi connectivity index (χ1n) is 6.08. The average Bonchev–Trinajstić information content (AvgIpc) is 2.34. The van der Waals surface area contributed by atoms with Gasteiger partial charge in [-0.1, -0.05) is 6.42 Å². The van der Waals surface area contributed by atoms with E-state index in [0.717, 1.165) is 18.5 Å². The van der Waals surface area contributed by atoms with Crippen molar-refractivity contribution in [3.63, 3.8) is 0 Å². The molecule has 0 bridgehead atoms. The number of benzene rings is 1. The highest BCUT2D eigenvalue weighted by molar-refractivity contribution is 5.66. The van der Waals surface area contributed by atoms with Gasteiger partial charge in [-0.2, -0.15) is 8.78 Å². The minimum absolute atomic E-state index is 0.127. The highest BCUT2D eigenvalue weighted by atomic mass is 19.3. The van der Waals surface area contributed by atoms with Crippen LogP contribution in [0.5, 0.6) is 5.75 Å². The van der Waals surface area contributed by atoms with Gasteiger partial charge in [0.05, 0.1) is 0 Å². The Morgan fingerprint density at radius 3 is 2.47 bits per heavy atom. The van der Waals surface area contributed by atoms with Gasteiger partial charge in [-0.3, -0.25) is 4.79 Å². The second-order valence-corrected chi connectivity index (χ2v) is 4.03. The van der Waals surface area contributed by atoms with Crippen LogP contribution in [0.4, 0.5) is 14.5 Å². The van der Waals surface area contributed by atoms with Gasteiger partial charge in [0.1, 0.15) is 5.75 Å². The molecule has 0 atom stereocenters. The first kappa shape index (κ1) is 15.2. The van der Waals surface area contributed by atoms with Crippen molar-refractivity contribution in [3.8, 4) is 5.75 Å². The second kappa shape index (κ2) is 8.29. The zero-order chi connectivity index (χ0) is 14.1. The Hall–Kier alpha value is -1.85. The molecule has 1 aromatic carbocycles. The largest absolute Gasteiger partial charge is 0.481 e. The van der Waals surface area contributed by atoms with Gasteiger partial charge in [-0.05, 0) is 37.1 Å². The fourth-order valence-corrected chi connectivity index (χ4v) is 1.56. The maximum Gasteiger partial charge on any atom is 0.387 e. The molecule has 0 heterocycles. The normalized spacial score (nSPS) is 10.5. The molecule has 0 saturated heterocycles. The van der Waals surface area contributed by atoms with E-state index in [-0.39, 0.29) is 12.2 Å². The Morgan fingerprint density at radius 2 is 1.89 bits per heavy atom. The highest BCUT2D eigenvalue weighted by Crippen LogP contribution is 2.17. The van der Waals surface area contributed by atoms with Crippen molar-refractivity contribution in [2.75, 3.05) is 11.9 Å². The molecule has 19 heavy (non-hydrogen) atoms. The van der Waals surface area contributed by atoms with Crippen LogP contribution in [0, 0.1) is 0 Å². The molecular weight excluding hydrogens is 256 g/mol. The summed E-state index contributed by atoms with van der Waals surface area (Å²) in [6, 6.07) is 6.27. The summed E-state index contributed by atoms with van der Waals surface area (Å²) < 4.78 is 28.1. The maximum atomic E-state index is 11.9. The van der Waals surface area contributed by atoms with E-state index in [1.807, 2.05) is 0 Å². The summed E-state index contributed by atoms with van der Waals surface area (Å²) in [7, 11) is 0. The Balaban J connectivity index is 2.17. The molecule has 6 heteroatoms. The lowest BCUT2D eigenvalue weighted by molar-refractivity contribution is -0.137. The number of hydrogen-bond acceptors (Lipinski definition) is 3. The molecule has 0 radical (unpaired) electrons. The van der Waals surface area contributed by atoms with E-state index in [1.165, 1.54) is 12.1 Å². The van der Waals surface area contributed by atoms with Crippen LogP contribution >= 0.6 is 0 Å². The second-order valence-electron chi connectivity index (χ2n) is 4.03. The summed E-state index contributed by atoms with van der Waals surface area (Å²) in [5.41, 5.74) is 0.819. The number of rotatable bonds is 9. The van der Waals surface area contributed by atoms with Crippen molar-refractivity contribution in [3.05, 3.63) is 24.3 Å². The topological polar surface area (TPSA) is 58.6 Å². The fraction of sp³-hybridized carbons (Fsp3) is 0.462. The summed E-state index contributed by atoms with van der Waals surface area (Å²) >= 11 is 0. The van der Waals surface area contributed by atoms with Gasteiger partial charge in [-0.25, -0.2) is 0 Å². The Kier molecular flexibility index (Phi) is 6.63. The van der Waals surface area contributed by atoms with Crippen molar-refractivity contribution >= 4 is 11.7 Å². The lowest BCUT2D eigenvalue weighted by atomic mass is 10.2. The summed E-state index contributed by atoms with van der Waals surface area (Å²) in [5, 5.41) is 11.6. The number of halogens is 2. The first-order chi connectivity index (χ1) is 9.08. The predicted molar refractivity (Wildman–Crippen MR) is 67.7 cm³/mol. The van der Waals surface area contributed by atoms with Gasteiger partial charge in [0, 0.05) is 18.7 Å². The third kappa shape index (κ3) is 7.23. The molecule has 1 aromatic rings. The predicted octanol–water partition coefficient (Wildman–Crippen LogP) is 3.34. The molecule has 0 aliphatic carbocycles. The summed E-state index contributed by atoms with van der Waals surface area (Å²) in [6.07, 6.45) is 2.56. The van der Waals surface area contributed by atoms with Crippen LogP contribution in [-0.4, -0.2) is 24.2 Å². The number of unbranched alkanes of at least 4 members (excludes halogenated alkanes) is 2. The number of carbonyl (C=O) groups is 1. The van der Waals surface area contributed by atoms with E-state index in [2.05, 4.69) is 10.1 Å². The van der Waals surface area contributed by atoms with Crippen molar-refractivity contribution in [2.24, 2.45) is 0 Å². The van der Waals surface area contributed by atoms with Crippen LogP contribution in [-0.2, 0) is 4.79 Å². The Bertz CT molecular complexity index is 382. The molecule has 0 aliphatic rings. The first-order valence-corrected chi connectivity index (χ1v) is 6.08. The molecule has 0 fully saturated rings. The molecule has 1 rings (SSSR count). The van der Waals surface area contributed by atoms with Crippen LogP contribution in [0.3, 0.4) is 0 Å². The minimum atomic E-state index is -2.81. The van der Waals surface area contributed by atoms with Crippen LogP contribution in [0.2, 0.25) is 0 Å². The number of ether oxygens (including phenoxy) is 1. The zero-order valence-electron chi connectivity index (χ0n) is 10.4. The fourth-order valence-electron chi connectivity index (χ4n) is 1.56. The molecule has 0 aliphatic heterocycles. The molecule has 0 aromatic heterocycles. The smallest absolute Gasteiger partial charge is 0.387 e. The van der Waals surface area contributed by atoms with Gasteiger partial charge in [0.2, 0.25) is 0 Å². The lowest BCUT2D eigenvalue weighted by Crippen LogP contribution is -2.03. The van der Waals surface area contributed by atoms with E-state index in [0.29, 0.717) is 13.0 Å². The highest BCUT2D eigenvalue weighted by Gasteiger charge is 2.03. The summed E-state index contributed by atoms with van der Waals surface area (Å²) in [5.74, 6) is -0.649. The van der Waals surface area contributed by atoms with Gasteiger partial charge in [0.15, 0.2) is 0 Å². The third-order valence-corrected chi connectivity index (χ3v) is 2.48. The van der Waals surface area contributed by atoms with Crippen LogP contribution < -0.4 is 10.1 Å². The number of aliphatic carboxylic acids is 1. The average molecular weight is 273 g/mol. The quantitative estimate of drug-likeness (QED) is 0.677. The molecule has 0 spiro atoms. The van der Waals surface area contributed by atoms with E-state index in [4.69, 9.17) is 5.11 Å². The maximum absolute atomic E-state index is 11.9. The van der Waals surface area contributed by atoms with E-state index >= 15 is 0 Å². The molecular formula is C13H17F2NO3. The van der Waals surface area contributed by atoms with E-state index in [1.54, 1.807) is 12.1 Å². The van der Waals surface area contributed by atoms with Crippen LogP contribution in [0.15, 0.2) is 24.3 Å². The van der Waals surface area contributed by atoms with Crippen LogP contribution in [0.25, 0.3) is 0 Å². The molecule has 4 nitrogen and oxygen atoms in total. The van der Waals surface area contributed by atoms with E-state index in [9.17, 15) is 13.6 Å². The van der Waals surface area contributed by atoms with Crippen molar-refractivity contribution < 1.29 is 23.4 Å². The Morgan fingerprint density at radius 1 is 1.21 bits per heavy atom. The standard InChI is InChI=1S/C13H17F2NO3/c14-13(15)19-11-7-5-10(6-8-11)16-9-3-1-2-4-12(17)18/h5-8,13,16H,1-4,9H2,(H,17,18). The lowest BCUT2D eigenvalue weighted by Gasteiger charge is -2.08. The molecule has 0 saturated carbocycles.